The van der Waals surface area contributed by atoms with Crippen LogP contribution >= 0.6 is 24.8 Å². The van der Waals surface area contributed by atoms with Gasteiger partial charge in [-0.2, -0.15) is 0 Å². The summed E-state index contributed by atoms with van der Waals surface area (Å²) in [5.74, 6) is 0.803. The summed E-state index contributed by atoms with van der Waals surface area (Å²) in [5.41, 5.74) is 7.84. The van der Waals surface area contributed by atoms with E-state index in [-0.39, 0.29) is 42.7 Å². The van der Waals surface area contributed by atoms with E-state index in [9.17, 15) is 4.79 Å². The van der Waals surface area contributed by atoms with Crippen LogP contribution in [0.1, 0.15) is 32.6 Å². The third kappa shape index (κ3) is 4.12. The molecule has 5 nitrogen and oxygen atoms in total. The van der Waals surface area contributed by atoms with Gasteiger partial charge in [0.2, 0.25) is 5.91 Å². The molecule has 0 saturated heterocycles. The fourth-order valence-electron chi connectivity index (χ4n) is 2.23. The summed E-state index contributed by atoms with van der Waals surface area (Å²) < 4.78 is 2.00. The number of aromatic nitrogens is 2. The smallest absolute Gasteiger partial charge is 0.237 e. The van der Waals surface area contributed by atoms with Crippen molar-refractivity contribution in [3.8, 4) is 0 Å². The molecule has 1 heterocycles. The Morgan fingerprint density at radius 3 is 2.36 bits per heavy atom. The summed E-state index contributed by atoms with van der Waals surface area (Å²) in [4.78, 5) is 16.6. The molecule has 1 amide bonds. The van der Waals surface area contributed by atoms with Crippen molar-refractivity contribution in [2.24, 2.45) is 18.7 Å². The first-order valence-corrected chi connectivity index (χ1v) is 6.89. The van der Waals surface area contributed by atoms with Gasteiger partial charge < -0.3 is 15.6 Å². The maximum Gasteiger partial charge on any atom is 0.237 e. The molecule has 2 atom stereocenters. The standard InChI is InChI=1S/C15H22N4O.2ClH/c1-9(2)13(16)15(20)17-10(3)14-18-11-7-5-6-8-12(11)19(14)4;;/h5-10,13H,16H2,1-4H3,(H,17,20);2*1H/t10?,13-;;/m0../s1. The first kappa shape index (κ1) is 20.7. The van der Waals surface area contributed by atoms with Gasteiger partial charge in [0.25, 0.3) is 0 Å². The molecule has 1 aromatic carbocycles. The average Bonchev–Trinajstić information content (AvgIpc) is 2.75. The van der Waals surface area contributed by atoms with Crippen molar-refractivity contribution < 1.29 is 4.79 Å². The zero-order valence-electron chi connectivity index (χ0n) is 13.2. The molecule has 0 radical (unpaired) electrons. The van der Waals surface area contributed by atoms with Gasteiger partial charge in [-0.05, 0) is 25.0 Å². The maximum atomic E-state index is 12.0. The number of nitrogens with one attached hydrogen (secondary N) is 1. The number of nitrogens with two attached hydrogens (primary N) is 1. The largest absolute Gasteiger partial charge is 0.345 e. The van der Waals surface area contributed by atoms with Crippen molar-refractivity contribution in [2.75, 3.05) is 0 Å². The van der Waals surface area contributed by atoms with Crippen LogP contribution in [0.5, 0.6) is 0 Å². The lowest BCUT2D eigenvalue weighted by molar-refractivity contribution is -0.123. The minimum absolute atomic E-state index is 0. The highest BCUT2D eigenvalue weighted by molar-refractivity contribution is 5.85. The molecule has 0 saturated carbocycles. The topological polar surface area (TPSA) is 72.9 Å². The zero-order chi connectivity index (χ0) is 14.9. The molecule has 3 N–H and O–H groups in total. The van der Waals surface area contributed by atoms with Crippen molar-refractivity contribution >= 4 is 41.8 Å². The minimum Gasteiger partial charge on any atom is -0.345 e. The van der Waals surface area contributed by atoms with Gasteiger partial charge in [-0.25, -0.2) is 4.98 Å². The predicted octanol–water partition coefficient (Wildman–Crippen LogP) is 2.58. The van der Waals surface area contributed by atoms with E-state index in [2.05, 4.69) is 10.3 Å². The number of fused-ring (bicyclic) bond motifs is 1. The number of hydrogen-bond acceptors (Lipinski definition) is 3. The Bertz CT molecular complexity index is 627. The lowest BCUT2D eigenvalue weighted by Gasteiger charge is -2.19. The Balaban J connectivity index is 0.00000220. The molecule has 0 spiro atoms. The van der Waals surface area contributed by atoms with E-state index in [0.29, 0.717) is 0 Å². The van der Waals surface area contributed by atoms with Crippen molar-refractivity contribution in [2.45, 2.75) is 32.9 Å². The highest BCUT2D eigenvalue weighted by Gasteiger charge is 2.21. The van der Waals surface area contributed by atoms with Gasteiger partial charge in [-0.3, -0.25) is 4.79 Å². The van der Waals surface area contributed by atoms with E-state index in [1.165, 1.54) is 0 Å². The molecule has 0 aliphatic heterocycles. The van der Waals surface area contributed by atoms with Gasteiger partial charge in [0.05, 0.1) is 23.1 Å². The van der Waals surface area contributed by atoms with E-state index < -0.39 is 6.04 Å². The van der Waals surface area contributed by atoms with Crippen molar-refractivity contribution in [3.63, 3.8) is 0 Å². The number of carbonyl (C=O) groups is 1. The highest BCUT2D eigenvalue weighted by atomic mass is 35.5. The summed E-state index contributed by atoms with van der Waals surface area (Å²) >= 11 is 0. The van der Waals surface area contributed by atoms with Crippen molar-refractivity contribution in [1.82, 2.24) is 14.9 Å². The van der Waals surface area contributed by atoms with Crippen molar-refractivity contribution in [3.05, 3.63) is 30.1 Å². The van der Waals surface area contributed by atoms with Crippen LogP contribution < -0.4 is 11.1 Å². The van der Waals surface area contributed by atoms with Gasteiger partial charge in [0.1, 0.15) is 5.82 Å². The van der Waals surface area contributed by atoms with Gasteiger partial charge in [-0.1, -0.05) is 26.0 Å². The number of para-hydroxylation sites is 2. The molecule has 1 unspecified atom stereocenters. The summed E-state index contributed by atoms with van der Waals surface area (Å²) in [7, 11) is 1.95. The molecule has 2 aromatic rings. The number of rotatable bonds is 4. The third-order valence-corrected chi connectivity index (χ3v) is 3.59. The number of halogens is 2. The van der Waals surface area contributed by atoms with Crippen LogP contribution in [0.3, 0.4) is 0 Å². The molecule has 2 rings (SSSR count). The van der Waals surface area contributed by atoms with Gasteiger partial charge in [0, 0.05) is 7.05 Å². The number of aryl methyl sites for hydroxylation is 1. The lowest BCUT2D eigenvalue weighted by atomic mass is 10.0. The molecule has 0 fully saturated rings. The number of imidazole rings is 1. The summed E-state index contributed by atoms with van der Waals surface area (Å²) in [6.45, 7) is 5.79. The lowest BCUT2D eigenvalue weighted by Crippen LogP contribution is -2.45. The van der Waals surface area contributed by atoms with E-state index in [1.54, 1.807) is 0 Å². The van der Waals surface area contributed by atoms with Crippen LogP contribution in [0, 0.1) is 5.92 Å². The quantitative estimate of drug-likeness (QED) is 0.893. The Hall–Kier alpha value is -1.30. The molecule has 22 heavy (non-hydrogen) atoms. The van der Waals surface area contributed by atoms with Gasteiger partial charge in [0.15, 0.2) is 0 Å². The second-order valence-electron chi connectivity index (χ2n) is 5.52. The summed E-state index contributed by atoms with van der Waals surface area (Å²) in [6, 6.07) is 7.24. The number of carbonyl (C=O) groups excluding carboxylic acids is 1. The monoisotopic (exact) mass is 346 g/mol. The molecule has 0 aliphatic carbocycles. The Kier molecular flexibility index (Phi) is 7.87. The van der Waals surface area contributed by atoms with Crippen LogP contribution in [-0.4, -0.2) is 21.5 Å². The molecular formula is C15H24Cl2N4O. The van der Waals surface area contributed by atoms with Crippen LogP contribution in [0.2, 0.25) is 0 Å². The van der Waals surface area contributed by atoms with Crippen LogP contribution in [0.4, 0.5) is 0 Å². The Morgan fingerprint density at radius 2 is 1.82 bits per heavy atom. The Labute approximate surface area is 143 Å². The number of benzene rings is 1. The first-order chi connectivity index (χ1) is 9.41. The SMILES string of the molecule is CC(NC(=O)[C@@H](N)C(C)C)c1nc2ccccc2n1C.Cl.Cl. The van der Waals surface area contributed by atoms with Crippen LogP contribution in [0.25, 0.3) is 11.0 Å². The maximum absolute atomic E-state index is 12.0. The fourth-order valence-corrected chi connectivity index (χ4v) is 2.23. The highest BCUT2D eigenvalue weighted by Crippen LogP contribution is 2.19. The summed E-state index contributed by atoms with van der Waals surface area (Å²) in [5, 5.41) is 2.93. The second kappa shape index (κ2) is 8.36. The average molecular weight is 347 g/mol. The van der Waals surface area contributed by atoms with Gasteiger partial charge >= 0.3 is 0 Å². The van der Waals surface area contributed by atoms with E-state index in [0.717, 1.165) is 16.9 Å². The molecule has 1 aromatic heterocycles. The first-order valence-electron chi connectivity index (χ1n) is 6.89. The van der Waals surface area contributed by atoms with E-state index in [1.807, 2.05) is 56.7 Å². The van der Waals surface area contributed by atoms with Gasteiger partial charge in [-0.15, -0.1) is 24.8 Å². The Morgan fingerprint density at radius 1 is 1.23 bits per heavy atom. The molecular weight excluding hydrogens is 323 g/mol. The van der Waals surface area contributed by atoms with Crippen LogP contribution in [-0.2, 0) is 11.8 Å². The zero-order valence-corrected chi connectivity index (χ0v) is 14.9. The van der Waals surface area contributed by atoms with Crippen molar-refractivity contribution in [1.29, 1.82) is 0 Å². The number of hydrogen-bond donors (Lipinski definition) is 2. The molecule has 124 valence electrons. The summed E-state index contributed by atoms with van der Waals surface area (Å²) in [6.07, 6.45) is 0. The molecule has 0 aliphatic rings. The van der Waals surface area contributed by atoms with E-state index in [4.69, 9.17) is 5.73 Å². The molecule has 0 bridgehead atoms. The minimum atomic E-state index is -0.493. The third-order valence-electron chi connectivity index (χ3n) is 3.59. The second-order valence-corrected chi connectivity index (χ2v) is 5.52. The normalized spacial score (nSPS) is 13.2. The van der Waals surface area contributed by atoms with E-state index >= 15 is 0 Å². The predicted molar refractivity (Wildman–Crippen MR) is 94.6 cm³/mol. The molecule has 7 heteroatoms. The number of amides is 1. The van der Waals surface area contributed by atoms with Crippen LogP contribution in [0.15, 0.2) is 24.3 Å². The fraction of sp³-hybridized carbons (Fsp3) is 0.467. The number of nitrogens with zero attached hydrogens (tertiary/aromatic N) is 2.